The van der Waals surface area contributed by atoms with Crippen molar-refractivity contribution in [1.82, 2.24) is 0 Å². The number of rotatable bonds is 4. The molecule has 5 nitrogen and oxygen atoms in total. The average molecular weight is 249 g/mol. The van der Waals surface area contributed by atoms with Gasteiger partial charge in [-0.05, 0) is 24.3 Å². The Labute approximate surface area is 105 Å². The van der Waals surface area contributed by atoms with Crippen molar-refractivity contribution in [2.24, 2.45) is 5.92 Å². The number of benzene rings is 1. The van der Waals surface area contributed by atoms with Gasteiger partial charge in [0.15, 0.2) is 0 Å². The lowest BCUT2D eigenvalue weighted by atomic mass is 9.85. The third-order valence-corrected chi connectivity index (χ3v) is 3.60. The van der Waals surface area contributed by atoms with E-state index < -0.39 is 16.8 Å². The van der Waals surface area contributed by atoms with Gasteiger partial charge in [0, 0.05) is 12.1 Å². The lowest BCUT2D eigenvalue weighted by Crippen LogP contribution is -2.19. The number of nitro groups is 1. The molecule has 1 aliphatic rings. The number of hydrogen-bond acceptors (Lipinski definition) is 3. The van der Waals surface area contributed by atoms with Crippen molar-refractivity contribution in [3.63, 3.8) is 0 Å². The maximum atomic E-state index is 11.4. The first-order valence-electron chi connectivity index (χ1n) is 6.07. The highest BCUT2D eigenvalue weighted by Gasteiger charge is 2.31. The molecule has 1 N–H and O–H groups in total. The van der Waals surface area contributed by atoms with Crippen LogP contribution >= 0.6 is 0 Å². The smallest absolute Gasteiger partial charge is 0.311 e. The molecule has 1 atom stereocenters. The molecule has 5 heteroatoms. The first-order chi connectivity index (χ1) is 8.59. The zero-order valence-corrected chi connectivity index (χ0v) is 9.91. The Morgan fingerprint density at radius 1 is 1.28 bits per heavy atom. The van der Waals surface area contributed by atoms with Crippen LogP contribution in [0.4, 0.5) is 5.69 Å². The maximum absolute atomic E-state index is 11.4. The lowest BCUT2D eigenvalue weighted by molar-refractivity contribution is -0.384. The monoisotopic (exact) mass is 249 g/mol. The zero-order chi connectivity index (χ0) is 13.1. The molecule has 0 spiro atoms. The maximum Gasteiger partial charge on any atom is 0.311 e. The number of carboxylic acids is 1. The normalized spacial score (nSPS) is 17.6. The standard InChI is InChI=1S/C13H15NO4/c15-13(16)12(9-3-1-2-4-9)10-5-7-11(8-6-10)14(17)18/h5-9,12H,1-4H2,(H,15,16). The van der Waals surface area contributed by atoms with Crippen LogP contribution in [0.15, 0.2) is 24.3 Å². The molecule has 2 rings (SSSR count). The van der Waals surface area contributed by atoms with Crippen molar-refractivity contribution in [2.45, 2.75) is 31.6 Å². The Morgan fingerprint density at radius 3 is 2.28 bits per heavy atom. The van der Waals surface area contributed by atoms with E-state index in [0.29, 0.717) is 5.56 Å². The summed E-state index contributed by atoms with van der Waals surface area (Å²) in [5, 5.41) is 19.9. The van der Waals surface area contributed by atoms with E-state index in [1.165, 1.54) is 12.1 Å². The molecule has 1 fully saturated rings. The van der Waals surface area contributed by atoms with Crippen molar-refractivity contribution < 1.29 is 14.8 Å². The molecule has 96 valence electrons. The quantitative estimate of drug-likeness (QED) is 0.657. The van der Waals surface area contributed by atoms with E-state index in [1.807, 2.05) is 0 Å². The SMILES string of the molecule is O=C(O)C(c1ccc([N+](=O)[O-])cc1)C1CCCC1. The van der Waals surface area contributed by atoms with Crippen LogP contribution in [0.3, 0.4) is 0 Å². The van der Waals surface area contributed by atoms with Gasteiger partial charge in [0.2, 0.25) is 0 Å². The lowest BCUT2D eigenvalue weighted by Gasteiger charge is -2.19. The third-order valence-electron chi connectivity index (χ3n) is 3.60. The second kappa shape index (κ2) is 5.16. The first kappa shape index (κ1) is 12.5. The van der Waals surface area contributed by atoms with Gasteiger partial charge >= 0.3 is 5.97 Å². The summed E-state index contributed by atoms with van der Waals surface area (Å²) in [6.07, 6.45) is 3.99. The van der Waals surface area contributed by atoms with Crippen molar-refractivity contribution in [2.75, 3.05) is 0 Å². The minimum Gasteiger partial charge on any atom is -0.481 e. The summed E-state index contributed by atoms with van der Waals surface area (Å²) in [7, 11) is 0. The Hall–Kier alpha value is -1.91. The van der Waals surface area contributed by atoms with Crippen molar-refractivity contribution in [3.05, 3.63) is 39.9 Å². The van der Waals surface area contributed by atoms with Crippen LogP contribution < -0.4 is 0 Å². The topological polar surface area (TPSA) is 80.4 Å². The van der Waals surface area contributed by atoms with Crippen molar-refractivity contribution in [1.29, 1.82) is 0 Å². The van der Waals surface area contributed by atoms with Crippen LogP contribution in [0, 0.1) is 16.0 Å². The third kappa shape index (κ3) is 2.50. The first-order valence-corrected chi connectivity index (χ1v) is 6.07. The van der Waals surface area contributed by atoms with E-state index in [1.54, 1.807) is 12.1 Å². The fourth-order valence-electron chi connectivity index (χ4n) is 2.71. The number of nitro benzene ring substituents is 1. The van der Waals surface area contributed by atoms with Crippen LogP contribution in [0.1, 0.15) is 37.2 Å². The molecule has 0 aromatic heterocycles. The molecule has 0 radical (unpaired) electrons. The number of nitrogens with zero attached hydrogens (tertiary/aromatic N) is 1. The molecule has 1 aromatic carbocycles. The van der Waals surface area contributed by atoms with Crippen LogP contribution in [-0.2, 0) is 4.79 Å². The van der Waals surface area contributed by atoms with Crippen LogP contribution in [0.25, 0.3) is 0 Å². The van der Waals surface area contributed by atoms with Gasteiger partial charge < -0.3 is 5.11 Å². The van der Waals surface area contributed by atoms with Gasteiger partial charge in [0.1, 0.15) is 0 Å². The Kier molecular flexibility index (Phi) is 3.60. The Balaban J connectivity index is 2.25. The molecule has 1 aliphatic carbocycles. The molecular formula is C13H15NO4. The minimum absolute atomic E-state index is 0.00527. The second-order valence-corrected chi connectivity index (χ2v) is 4.71. The van der Waals surface area contributed by atoms with E-state index >= 15 is 0 Å². The average Bonchev–Trinajstić information content (AvgIpc) is 2.83. The zero-order valence-electron chi connectivity index (χ0n) is 9.91. The molecule has 1 unspecified atom stereocenters. The Bertz CT molecular complexity index is 449. The van der Waals surface area contributed by atoms with Crippen molar-refractivity contribution in [3.8, 4) is 0 Å². The molecule has 1 aromatic rings. The molecular weight excluding hydrogens is 234 g/mol. The minimum atomic E-state index is -0.837. The molecule has 0 bridgehead atoms. The summed E-state index contributed by atoms with van der Waals surface area (Å²) in [6, 6.07) is 5.88. The van der Waals surface area contributed by atoms with Crippen molar-refractivity contribution >= 4 is 11.7 Å². The predicted molar refractivity (Wildman–Crippen MR) is 65.4 cm³/mol. The predicted octanol–water partition coefficient (Wildman–Crippen LogP) is 2.95. The number of carbonyl (C=O) groups is 1. The van der Waals surface area contributed by atoms with Gasteiger partial charge in [0.25, 0.3) is 5.69 Å². The Morgan fingerprint density at radius 2 is 1.83 bits per heavy atom. The molecule has 1 saturated carbocycles. The molecule has 18 heavy (non-hydrogen) atoms. The molecule has 0 amide bonds. The fourth-order valence-corrected chi connectivity index (χ4v) is 2.71. The second-order valence-electron chi connectivity index (χ2n) is 4.71. The van der Waals surface area contributed by atoms with E-state index in [0.717, 1.165) is 25.7 Å². The van der Waals surface area contributed by atoms with Crippen LogP contribution in [-0.4, -0.2) is 16.0 Å². The summed E-state index contributed by atoms with van der Waals surface area (Å²) >= 11 is 0. The van der Waals surface area contributed by atoms with Gasteiger partial charge in [0.05, 0.1) is 10.8 Å². The molecule has 0 saturated heterocycles. The van der Waals surface area contributed by atoms with E-state index in [9.17, 15) is 20.0 Å². The number of hydrogen-bond donors (Lipinski definition) is 1. The van der Waals surface area contributed by atoms with Gasteiger partial charge in [-0.25, -0.2) is 0 Å². The summed E-state index contributed by atoms with van der Waals surface area (Å²) < 4.78 is 0. The highest BCUT2D eigenvalue weighted by atomic mass is 16.6. The summed E-state index contributed by atoms with van der Waals surface area (Å²) in [4.78, 5) is 21.5. The highest BCUT2D eigenvalue weighted by Crippen LogP contribution is 2.37. The largest absolute Gasteiger partial charge is 0.481 e. The fraction of sp³-hybridized carbons (Fsp3) is 0.462. The van der Waals surface area contributed by atoms with E-state index in [4.69, 9.17) is 0 Å². The van der Waals surface area contributed by atoms with Gasteiger partial charge in [-0.2, -0.15) is 0 Å². The van der Waals surface area contributed by atoms with Gasteiger partial charge in [-0.15, -0.1) is 0 Å². The summed E-state index contributed by atoms with van der Waals surface area (Å²) in [5.41, 5.74) is 0.661. The number of carboxylic acid groups (broad SMARTS) is 1. The highest BCUT2D eigenvalue weighted by molar-refractivity contribution is 5.76. The van der Waals surface area contributed by atoms with E-state index in [2.05, 4.69) is 0 Å². The summed E-state index contributed by atoms with van der Waals surface area (Å²) in [6.45, 7) is 0. The van der Waals surface area contributed by atoms with Gasteiger partial charge in [-0.3, -0.25) is 14.9 Å². The van der Waals surface area contributed by atoms with Crippen LogP contribution in [0.5, 0.6) is 0 Å². The number of non-ortho nitro benzene ring substituents is 1. The summed E-state index contributed by atoms with van der Waals surface area (Å²) in [5.74, 6) is -1.21. The van der Waals surface area contributed by atoms with Crippen LogP contribution in [0.2, 0.25) is 0 Å². The molecule has 0 heterocycles. The van der Waals surface area contributed by atoms with Gasteiger partial charge in [-0.1, -0.05) is 25.0 Å². The van der Waals surface area contributed by atoms with E-state index in [-0.39, 0.29) is 11.6 Å². The molecule has 0 aliphatic heterocycles. The number of aliphatic carboxylic acids is 1.